The van der Waals surface area contributed by atoms with Gasteiger partial charge in [-0.1, -0.05) is 24.6 Å². The van der Waals surface area contributed by atoms with Crippen molar-refractivity contribution in [2.75, 3.05) is 13.7 Å². The van der Waals surface area contributed by atoms with E-state index in [9.17, 15) is 14.0 Å². The molecule has 2 rings (SSSR count). The van der Waals surface area contributed by atoms with E-state index in [0.717, 1.165) is 0 Å². The molecule has 0 aromatic heterocycles. The Hall–Kier alpha value is -2.40. The van der Waals surface area contributed by atoms with Crippen LogP contribution in [0.4, 0.5) is 4.39 Å². The van der Waals surface area contributed by atoms with Crippen LogP contribution in [0.2, 0.25) is 5.02 Å². The molecule has 0 saturated carbocycles. The molecular formula is C19H19ClFNO3. The molecule has 0 aliphatic heterocycles. The third kappa shape index (κ3) is 5.03. The molecule has 0 bridgehead atoms. The lowest BCUT2D eigenvalue weighted by atomic mass is 10.1. The molecule has 0 fully saturated rings. The molecule has 132 valence electrons. The maximum Gasteiger partial charge on any atom is 0.260 e. The summed E-state index contributed by atoms with van der Waals surface area (Å²) in [5.41, 5.74) is 0.870. The van der Waals surface area contributed by atoms with Crippen molar-refractivity contribution in [3.63, 3.8) is 0 Å². The fraction of sp³-hybridized carbons (Fsp3) is 0.263. The van der Waals surface area contributed by atoms with E-state index < -0.39 is 5.82 Å². The standard InChI is InChI=1S/C19H19ClFNO3/c1-3-18(23)13-7-9-14(10-8-13)25-12-19(24)22(2)11-15-16(20)5-4-6-17(15)21/h4-10H,3,11-12H2,1-2H3. The maximum absolute atomic E-state index is 13.8. The molecule has 0 spiro atoms. The van der Waals surface area contributed by atoms with Crippen molar-refractivity contribution < 1.29 is 18.7 Å². The van der Waals surface area contributed by atoms with Gasteiger partial charge in [0.15, 0.2) is 12.4 Å². The number of ether oxygens (including phenoxy) is 1. The number of benzene rings is 2. The summed E-state index contributed by atoms with van der Waals surface area (Å²) in [6, 6.07) is 11.0. The molecule has 0 saturated heterocycles. The monoisotopic (exact) mass is 363 g/mol. The normalized spacial score (nSPS) is 10.4. The Balaban J connectivity index is 1.92. The van der Waals surface area contributed by atoms with E-state index in [0.29, 0.717) is 17.7 Å². The van der Waals surface area contributed by atoms with Gasteiger partial charge in [0.05, 0.1) is 0 Å². The average Bonchev–Trinajstić information content (AvgIpc) is 2.62. The summed E-state index contributed by atoms with van der Waals surface area (Å²) in [5.74, 6) is -0.236. The maximum atomic E-state index is 13.8. The van der Waals surface area contributed by atoms with Crippen LogP contribution in [0.15, 0.2) is 42.5 Å². The van der Waals surface area contributed by atoms with Crippen LogP contribution in [0.1, 0.15) is 29.3 Å². The second-order valence-corrected chi connectivity index (χ2v) is 5.95. The van der Waals surface area contributed by atoms with Gasteiger partial charge in [0.25, 0.3) is 5.91 Å². The summed E-state index contributed by atoms with van der Waals surface area (Å²) < 4.78 is 19.2. The lowest BCUT2D eigenvalue weighted by Crippen LogP contribution is -2.31. The molecular weight excluding hydrogens is 345 g/mol. The van der Waals surface area contributed by atoms with Crippen LogP contribution in [0, 0.1) is 5.82 Å². The summed E-state index contributed by atoms with van der Waals surface area (Å²) in [6.45, 7) is 1.66. The number of hydrogen-bond acceptors (Lipinski definition) is 3. The van der Waals surface area contributed by atoms with Gasteiger partial charge in [0, 0.05) is 36.2 Å². The second kappa shape index (κ2) is 8.62. The highest BCUT2D eigenvalue weighted by atomic mass is 35.5. The molecule has 25 heavy (non-hydrogen) atoms. The van der Waals surface area contributed by atoms with Gasteiger partial charge in [-0.15, -0.1) is 0 Å². The van der Waals surface area contributed by atoms with Gasteiger partial charge in [-0.2, -0.15) is 0 Å². The zero-order chi connectivity index (χ0) is 18.4. The van der Waals surface area contributed by atoms with E-state index >= 15 is 0 Å². The highest BCUT2D eigenvalue weighted by Gasteiger charge is 2.15. The molecule has 0 aliphatic rings. The number of hydrogen-bond donors (Lipinski definition) is 0. The Bertz CT molecular complexity index is 742. The Morgan fingerprint density at radius 2 is 1.84 bits per heavy atom. The summed E-state index contributed by atoms with van der Waals surface area (Å²) in [6.07, 6.45) is 0.433. The first kappa shape index (κ1) is 18.9. The van der Waals surface area contributed by atoms with E-state index in [1.165, 1.54) is 17.0 Å². The first-order chi connectivity index (χ1) is 11.9. The van der Waals surface area contributed by atoms with Gasteiger partial charge >= 0.3 is 0 Å². The largest absolute Gasteiger partial charge is 0.484 e. The highest BCUT2D eigenvalue weighted by molar-refractivity contribution is 6.31. The SMILES string of the molecule is CCC(=O)c1ccc(OCC(=O)N(C)Cc2c(F)cccc2Cl)cc1. The van der Waals surface area contributed by atoms with Crippen LogP contribution in [0.3, 0.4) is 0 Å². The van der Waals surface area contributed by atoms with Crippen molar-refractivity contribution in [1.29, 1.82) is 0 Å². The lowest BCUT2D eigenvalue weighted by Gasteiger charge is -2.18. The molecule has 2 aromatic rings. The second-order valence-electron chi connectivity index (χ2n) is 5.54. The highest BCUT2D eigenvalue weighted by Crippen LogP contribution is 2.20. The van der Waals surface area contributed by atoms with Crippen LogP contribution in [-0.2, 0) is 11.3 Å². The van der Waals surface area contributed by atoms with Gasteiger partial charge < -0.3 is 9.64 Å². The topological polar surface area (TPSA) is 46.6 Å². The Morgan fingerprint density at radius 1 is 1.16 bits per heavy atom. The number of carbonyl (C=O) groups is 2. The third-order valence-corrected chi connectivity index (χ3v) is 4.10. The summed E-state index contributed by atoms with van der Waals surface area (Å²) >= 11 is 5.97. The minimum atomic E-state index is -0.454. The predicted molar refractivity (Wildman–Crippen MR) is 94.4 cm³/mol. The minimum Gasteiger partial charge on any atom is -0.484 e. The van der Waals surface area contributed by atoms with E-state index in [4.69, 9.17) is 16.3 Å². The van der Waals surface area contributed by atoms with Gasteiger partial charge in [0.2, 0.25) is 0 Å². The van der Waals surface area contributed by atoms with E-state index in [1.807, 2.05) is 0 Å². The van der Waals surface area contributed by atoms with Crippen LogP contribution in [0.25, 0.3) is 0 Å². The van der Waals surface area contributed by atoms with E-state index in [1.54, 1.807) is 44.3 Å². The van der Waals surface area contributed by atoms with Gasteiger partial charge in [-0.05, 0) is 36.4 Å². The molecule has 0 aliphatic carbocycles. The number of rotatable bonds is 7. The number of halogens is 2. The van der Waals surface area contributed by atoms with Gasteiger partial charge in [0.1, 0.15) is 11.6 Å². The average molecular weight is 364 g/mol. The third-order valence-electron chi connectivity index (χ3n) is 3.74. The van der Waals surface area contributed by atoms with Crippen molar-refractivity contribution in [2.45, 2.75) is 19.9 Å². The first-order valence-electron chi connectivity index (χ1n) is 7.85. The fourth-order valence-corrected chi connectivity index (χ4v) is 2.43. The zero-order valence-corrected chi connectivity index (χ0v) is 14.8. The summed E-state index contributed by atoms with van der Waals surface area (Å²) in [4.78, 5) is 25.1. The van der Waals surface area contributed by atoms with Crippen molar-refractivity contribution in [1.82, 2.24) is 4.90 Å². The van der Waals surface area contributed by atoms with Crippen molar-refractivity contribution in [2.24, 2.45) is 0 Å². The van der Waals surface area contributed by atoms with Crippen molar-refractivity contribution in [3.05, 3.63) is 64.4 Å². The number of ketones is 1. The fourth-order valence-electron chi connectivity index (χ4n) is 2.21. The Labute approximate surface area is 151 Å². The summed E-state index contributed by atoms with van der Waals surface area (Å²) in [5, 5.41) is 0.275. The van der Waals surface area contributed by atoms with E-state index in [-0.39, 0.29) is 35.4 Å². The van der Waals surface area contributed by atoms with Gasteiger partial charge in [-0.25, -0.2) is 4.39 Å². The smallest absolute Gasteiger partial charge is 0.260 e. The summed E-state index contributed by atoms with van der Waals surface area (Å²) in [7, 11) is 1.55. The number of likely N-dealkylation sites (N-methyl/N-ethyl adjacent to an activating group) is 1. The number of nitrogens with zero attached hydrogens (tertiary/aromatic N) is 1. The van der Waals surface area contributed by atoms with Gasteiger partial charge in [-0.3, -0.25) is 9.59 Å². The minimum absolute atomic E-state index is 0.0455. The molecule has 2 aromatic carbocycles. The molecule has 0 N–H and O–H groups in total. The molecule has 0 atom stereocenters. The van der Waals surface area contributed by atoms with Crippen LogP contribution in [-0.4, -0.2) is 30.2 Å². The Kier molecular flexibility index (Phi) is 6.53. The van der Waals surface area contributed by atoms with Crippen LogP contribution >= 0.6 is 11.6 Å². The van der Waals surface area contributed by atoms with Crippen LogP contribution < -0.4 is 4.74 Å². The quantitative estimate of drug-likeness (QED) is 0.695. The molecule has 0 radical (unpaired) electrons. The molecule has 0 heterocycles. The molecule has 0 unspecified atom stereocenters. The molecule has 6 heteroatoms. The zero-order valence-electron chi connectivity index (χ0n) is 14.1. The molecule has 4 nitrogen and oxygen atoms in total. The van der Waals surface area contributed by atoms with Crippen molar-refractivity contribution in [3.8, 4) is 5.75 Å². The first-order valence-corrected chi connectivity index (χ1v) is 8.23. The molecule has 1 amide bonds. The predicted octanol–water partition coefficient (Wildman–Crippen LogP) is 4.11. The van der Waals surface area contributed by atoms with E-state index in [2.05, 4.69) is 0 Å². The lowest BCUT2D eigenvalue weighted by molar-refractivity contribution is -0.132. The van der Waals surface area contributed by atoms with Crippen molar-refractivity contribution >= 4 is 23.3 Å². The number of Topliss-reactive ketones (excluding diaryl/α,β-unsaturated/α-hetero) is 1. The number of carbonyl (C=O) groups excluding carboxylic acids is 2. The Morgan fingerprint density at radius 3 is 2.44 bits per heavy atom. The van der Waals surface area contributed by atoms with Crippen LogP contribution in [0.5, 0.6) is 5.75 Å². The number of amides is 1.